The van der Waals surface area contributed by atoms with Crippen LogP contribution >= 0.6 is 0 Å². The Morgan fingerprint density at radius 2 is 2.02 bits per heavy atom. The molecule has 42 heavy (non-hydrogen) atoms. The fourth-order valence-electron chi connectivity index (χ4n) is 8.63. The number of nitrogens with zero attached hydrogens (tertiary/aromatic N) is 3. The monoisotopic (exact) mass is 577 g/mol. The summed E-state index contributed by atoms with van der Waals surface area (Å²) < 4.78 is 6.45. The maximum Gasteiger partial charge on any atom is 0.281 e. The van der Waals surface area contributed by atoms with Crippen LogP contribution < -0.4 is 5.32 Å². The van der Waals surface area contributed by atoms with Crippen LogP contribution in [0.5, 0.6) is 0 Å². The van der Waals surface area contributed by atoms with Crippen molar-refractivity contribution in [3.63, 3.8) is 0 Å². The van der Waals surface area contributed by atoms with Crippen molar-refractivity contribution in [2.75, 3.05) is 20.1 Å². The molecule has 4 fully saturated rings. The van der Waals surface area contributed by atoms with Gasteiger partial charge in [0, 0.05) is 48.1 Å². The van der Waals surface area contributed by atoms with Crippen LogP contribution in [0.25, 0.3) is 10.9 Å². The molecule has 0 bridgehead atoms. The van der Waals surface area contributed by atoms with Crippen molar-refractivity contribution >= 4 is 28.6 Å². The number of amides is 3. The average molecular weight is 578 g/mol. The lowest BCUT2D eigenvalue weighted by Gasteiger charge is -2.49. The van der Waals surface area contributed by atoms with Gasteiger partial charge in [-0.05, 0) is 62.3 Å². The third kappa shape index (κ3) is 3.77. The van der Waals surface area contributed by atoms with Gasteiger partial charge in [0.15, 0.2) is 0 Å². The summed E-state index contributed by atoms with van der Waals surface area (Å²) >= 11 is 0. The number of rotatable bonds is 5. The molecule has 1 aromatic carbocycles. The lowest BCUT2D eigenvalue weighted by atomic mass is 9.72. The Morgan fingerprint density at radius 1 is 1.24 bits per heavy atom. The Hall–Kier alpha value is -2.95. The van der Waals surface area contributed by atoms with Crippen LogP contribution in [-0.2, 0) is 25.5 Å². The molecule has 3 N–H and O–H groups in total. The van der Waals surface area contributed by atoms with Crippen molar-refractivity contribution in [3.8, 4) is 0 Å². The fourth-order valence-corrected chi connectivity index (χ4v) is 8.63. The number of H-pyrrole nitrogens is 1. The van der Waals surface area contributed by atoms with Crippen LogP contribution in [-0.4, -0.2) is 92.4 Å². The number of fused-ring (bicyclic) bond motifs is 5. The highest BCUT2D eigenvalue weighted by molar-refractivity contribution is 5.97. The number of likely N-dealkylation sites (N-methyl/N-ethyl adjacent to an activating group) is 1. The van der Waals surface area contributed by atoms with Gasteiger partial charge in [-0.15, -0.1) is 0 Å². The second-order valence-corrected chi connectivity index (χ2v) is 14.0. The Morgan fingerprint density at radius 3 is 2.76 bits per heavy atom. The van der Waals surface area contributed by atoms with Crippen molar-refractivity contribution in [1.82, 2.24) is 25.0 Å². The molecule has 226 valence electrons. The number of benzene rings is 1. The Bertz CT molecular complexity index is 1450. The molecule has 1 aliphatic carbocycles. The first-order valence-corrected chi connectivity index (χ1v) is 15.6. The van der Waals surface area contributed by atoms with Crippen LogP contribution in [0.2, 0.25) is 0 Å². The predicted molar refractivity (Wildman–Crippen MR) is 156 cm³/mol. The summed E-state index contributed by atoms with van der Waals surface area (Å²) in [7, 11) is 2.07. The lowest BCUT2D eigenvalue weighted by Crippen LogP contribution is -2.71. The summed E-state index contributed by atoms with van der Waals surface area (Å²) in [5.74, 6) is -3.48. The normalized spacial score (nSPS) is 36.1. The fraction of sp³-hybridized carbons (Fsp3) is 0.656. The van der Waals surface area contributed by atoms with Gasteiger partial charge in [0.05, 0.1) is 5.92 Å². The predicted octanol–water partition coefficient (Wildman–Crippen LogP) is 2.52. The molecule has 0 saturated carbocycles. The van der Waals surface area contributed by atoms with Gasteiger partial charge >= 0.3 is 0 Å². The molecule has 1 unspecified atom stereocenters. The van der Waals surface area contributed by atoms with E-state index in [4.69, 9.17) is 4.74 Å². The molecule has 5 aliphatic rings. The third-order valence-corrected chi connectivity index (χ3v) is 10.7. The quantitative estimate of drug-likeness (QED) is 0.503. The number of likely N-dealkylation sites (tertiary alicyclic amines) is 1. The standard InChI is InChI=1S/C32H43N5O5/c1-17(2)12-25-29(39)36-11-7-10-26(36)32(41)37(25)30(40)31(42-32,18(3)4)34-28(38)20-13-22-21-8-6-9-23-27(21)19(15-33-23)14-24(22)35(5)16-20/h6,8-9,15,17-18,20,22,24-26,33,41H,7,10-14,16H2,1-5H3,(H,34,38)/t20-,22-,24-,25+,26+,31?,32+/m1/s1. The maximum absolute atomic E-state index is 14.4. The highest BCUT2D eigenvalue weighted by Gasteiger charge is 2.72. The van der Waals surface area contributed by atoms with Gasteiger partial charge < -0.3 is 25.2 Å². The number of hydrogen-bond donors (Lipinski definition) is 3. The summed E-state index contributed by atoms with van der Waals surface area (Å²) in [5.41, 5.74) is 1.93. The van der Waals surface area contributed by atoms with Gasteiger partial charge in [-0.25, -0.2) is 0 Å². The summed E-state index contributed by atoms with van der Waals surface area (Å²) in [5, 5.41) is 16.4. The molecule has 7 atom stereocenters. The van der Waals surface area contributed by atoms with Crippen molar-refractivity contribution in [3.05, 3.63) is 35.5 Å². The maximum atomic E-state index is 14.4. The summed E-state index contributed by atoms with van der Waals surface area (Å²) in [6, 6.07) is 5.13. The molecular formula is C32H43N5O5. The van der Waals surface area contributed by atoms with Crippen LogP contribution in [0.4, 0.5) is 0 Å². The Balaban J connectivity index is 1.20. The molecule has 3 amide bonds. The Labute approximate surface area is 246 Å². The zero-order valence-corrected chi connectivity index (χ0v) is 25.2. The van der Waals surface area contributed by atoms with Crippen molar-refractivity contribution in [2.24, 2.45) is 17.8 Å². The van der Waals surface area contributed by atoms with Gasteiger partial charge in [-0.2, -0.15) is 0 Å². The zero-order valence-electron chi connectivity index (χ0n) is 25.2. The molecule has 4 aliphatic heterocycles. The number of aliphatic hydroxyl groups is 1. The minimum atomic E-state index is -1.99. The number of piperazine rings is 1. The lowest BCUT2D eigenvalue weighted by molar-refractivity contribution is -0.322. The smallest absolute Gasteiger partial charge is 0.281 e. The minimum absolute atomic E-state index is 0.116. The second-order valence-electron chi connectivity index (χ2n) is 14.0. The van der Waals surface area contributed by atoms with E-state index < -0.39 is 35.5 Å². The van der Waals surface area contributed by atoms with Gasteiger partial charge in [-0.1, -0.05) is 39.8 Å². The molecule has 10 heteroatoms. The molecule has 2 aromatic rings. The number of aromatic amines is 1. The van der Waals surface area contributed by atoms with Gasteiger partial charge in [0.2, 0.25) is 17.5 Å². The molecule has 4 saturated heterocycles. The van der Waals surface area contributed by atoms with Crippen molar-refractivity contribution in [2.45, 2.75) is 95.5 Å². The SMILES string of the molecule is CC(C)C[C@H]1C(=O)N2CCC[C@H]2[C@]2(O)OC(NC(=O)[C@@H]3C[C@@H]4c5cccc6[nH]cc(c56)C[C@H]4N(C)C3)(C(C)C)C(=O)N12. The number of carbonyl (C=O) groups excluding carboxylic acids is 3. The van der Waals surface area contributed by atoms with E-state index in [9.17, 15) is 19.5 Å². The van der Waals surface area contributed by atoms with Gasteiger partial charge in [0.25, 0.3) is 11.8 Å². The topological polar surface area (TPSA) is 118 Å². The van der Waals surface area contributed by atoms with Crippen LogP contribution in [0.3, 0.4) is 0 Å². The molecule has 0 radical (unpaired) electrons. The Kier molecular flexibility index (Phi) is 6.32. The van der Waals surface area contributed by atoms with Gasteiger partial charge in [0.1, 0.15) is 12.1 Å². The van der Waals surface area contributed by atoms with Crippen LogP contribution in [0.15, 0.2) is 24.4 Å². The molecule has 7 rings (SSSR count). The highest BCUT2D eigenvalue weighted by atomic mass is 16.7. The van der Waals surface area contributed by atoms with Crippen LogP contribution in [0.1, 0.15) is 70.4 Å². The van der Waals surface area contributed by atoms with E-state index in [1.807, 2.05) is 27.7 Å². The first-order valence-electron chi connectivity index (χ1n) is 15.6. The van der Waals surface area contributed by atoms with Gasteiger partial charge in [-0.3, -0.25) is 24.0 Å². The van der Waals surface area contributed by atoms with E-state index in [-0.39, 0.29) is 35.6 Å². The molecule has 1 aromatic heterocycles. The van der Waals surface area contributed by atoms with Crippen LogP contribution in [0, 0.1) is 17.8 Å². The van der Waals surface area contributed by atoms with E-state index in [0.29, 0.717) is 32.4 Å². The number of piperidine rings is 1. The number of hydrogen-bond acceptors (Lipinski definition) is 6. The van der Waals surface area contributed by atoms with Crippen molar-refractivity contribution in [1.29, 1.82) is 0 Å². The van der Waals surface area contributed by atoms with E-state index in [1.165, 1.54) is 21.4 Å². The molecule has 5 heterocycles. The number of ether oxygens (including phenoxy) is 1. The van der Waals surface area contributed by atoms with E-state index in [1.54, 1.807) is 4.90 Å². The number of nitrogens with one attached hydrogen (secondary N) is 2. The minimum Gasteiger partial charge on any atom is -0.361 e. The van der Waals surface area contributed by atoms with E-state index >= 15 is 0 Å². The molecule has 10 nitrogen and oxygen atoms in total. The third-order valence-electron chi connectivity index (χ3n) is 10.7. The average Bonchev–Trinajstić information content (AvgIpc) is 3.65. The molecule has 0 spiro atoms. The zero-order chi connectivity index (χ0) is 29.7. The van der Waals surface area contributed by atoms with E-state index in [0.717, 1.165) is 18.4 Å². The summed E-state index contributed by atoms with van der Waals surface area (Å²) in [4.78, 5) is 50.8. The van der Waals surface area contributed by atoms with Crippen molar-refractivity contribution < 1.29 is 24.2 Å². The number of aromatic nitrogens is 1. The summed E-state index contributed by atoms with van der Waals surface area (Å²) in [6.07, 6.45) is 5.36. The first kappa shape index (κ1) is 27.9. The van der Waals surface area contributed by atoms with E-state index in [2.05, 4.69) is 46.6 Å². The second kappa shape index (κ2) is 9.53. The summed E-state index contributed by atoms with van der Waals surface area (Å²) in [6.45, 7) is 8.73. The largest absolute Gasteiger partial charge is 0.361 e. The highest BCUT2D eigenvalue weighted by Crippen LogP contribution is 2.49. The first-order chi connectivity index (χ1) is 20.0. The number of carbonyl (C=O) groups is 3. The molecular weight excluding hydrogens is 534 g/mol.